The Morgan fingerprint density at radius 2 is 0.824 bits per heavy atom. The summed E-state index contributed by atoms with van der Waals surface area (Å²) in [4.78, 5) is 11.0. The summed E-state index contributed by atoms with van der Waals surface area (Å²) in [5, 5.41) is 5.03. The molecule has 0 bridgehead atoms. The van der Waals surface area contributed by atoms with Crippen LogP contribution in [0.1, 0.15) is 32.3 Å². The lowest BCUT2D eigenvalue weighted by molar-refractivity contribution is 1.43. The molecule has 5 heteroatoms. The summed E-state index contributed by atoms with van der Waals surface area (Å²) in [5.41, 5.74) is 14.5. The third kappa shape index (κ3) is 5.62. The smallest absolute Gasteiger partial charge is 0.121 e. The molecular weight excluding hydrogens is 673 g/mol. The van der Waals surface area contributed by atoms with Crippen molar-refractivity contribution in [2.75, 3.05) is 0 Å². The quantitative estimate of drug-likeness (QED) is 0.161. The predicted molar refractivity (Wildman–Crippen MR) is 224 cm³/mol. The Balaban J connectivity index is 1.30. The predicted octanol–water partition coefficient (Wildman–Crippen LogP) is 13.2. The van der Waals surface area contributed by atoms with Gasteiger partial charge in [0.05, 0.1) is 20.4 Å². The van der Waals surface area contributed by atoms with Crippen molar-refractivity contribution in [1.82, 2.24) is 9.97 Å². The van der Waals surface area contributed by atoms with Crippen LogP contribution in [0.4, 0.5) is 0 Å². The Kier molecular flexibility index (Phi) is 7.80. The summed E-state index contributed by atoms with van der Waals surface area (Å²) in [6.45, 7) is 9.41. The highest BCUT2D eigenvalue weighted by molar-refractivity contribution is 7.27. The van der Waals surface area contributed by atoms with Crippen molar-refractivity contribution in [3.05, 3.63) is 178 Å². The molecule has 8 aromatic rings. The van der Waals surface area contributed by atoms with E-state index in [1.807, 2.05) is 22.7 Å². The summed E-state index contributed by atoms with van der Waals surface area (Å²) in [7, 11) is -2.43. The standard InChI is InChI=1S/C46H36N2S2Si/c1-29-13-11-19-35(25-29)41-42(36-20-12-14-30(2)26-36)44(46-48-38-28-34(22-24-40(38)50-46)32-17-9-6-10-18-32)51(3,4)43(41)45-47-37-27-33(21-23-39(37)49-45)31-15-7-5-8-16-31/h5-28H,1-4H3. The van der Waals surface area contributed by atoms with Gasteiger partial charge in [0.15, 0.2) is 0 Å². The monoisotopic (exact) mass is 708 g/mol. The van der Waals surface area contributed by atoms with Crippen LogP contribution in [-0.4, -0.2) is 18.0 Å². The third-order valence-electron chi connectivity index (χ3n) is 10.0. The summed E-state index contributed by atoms with van der Waals surface area (Å²) in [6.07, 6.45) is 0. The number of fused-ring (bicyclic) bond motifs is 2. The van der Waals surface area contributed by atoms with Gasteiger partial charge in [-0.15, -0.1) is 22.7 Å². The lowest BCUT2D eigenvalue weighted by atomic mass is 9.90. The van der Waals surface area contributed by atoms with Gasteiger partial charge in [-0.1, -0.05) is 146 Å². The maximum Gasteiger partial charge on any atom is 0.121 e. The van der Waals surface area contributed by atoms with Crippen LogP contribution >= 0.6 is 22.7 Å². The average Bonchev–Trinajstić information content (AvgIpc) is 3.82. The third-order valence-corrected chi connectivity index (χ3v) is 16.0. The van der Waals surface area contributed by atoms with E-state index in [0.29, 0.717) is 0 Å². The number of aromatic nitrogens is 2. The minimum absolute atomic E-state index is 1.05. The highest BCUT2D eigenvalue weighted by Crippen LogP contribution is 2.57. The second-order valence-electron chi connectivity index (χ2n) is 14.0. The molecule has 0 atom stereocenters. The first-order valence-corrected chi connectivity index (χ1v) is 22.0. The minimum Gasteiger partial charge on any atom is -0.237 e. The Hall–Kier alpha value is -5.20. The summed E-state index contributed by atoms with van der Waals surface area (Å²) in [5.74, 6) is 0. The fourth-order valence-electron chi connectivity index (χ4n) is 7.62. The molecule has 3 heterocycles. The molecule has 9 rings (SSSR count). The molecule has 1 aliphatic rings. The molecule has 6 aromatic carbocycles. The second-order valence-corrected chi connectivity index (χ2v) is 20.3. The Labute approximate surface area is 308 Å². The molecule has 0 amide bonds. The molecule has 0 radical (unpaired) electrons. The maximum atomic E-state index is 5.49. The van der Waals surface area contributed by atoms with Gasteiger partial charge < -0.3 is 0 Å². The van der Waals surface area contributed by atoms with Crippen molar-refractivity contribution in [3.63, 3.8) is 0 Å². The van der Waals surface area contributed by atoms with Gasteiger partial charge in [0.25, 0.3) is 0 Å². The van der Waals surface area contributed by atoms with E-state index in [1.54, 1.807) is 0 Å². The minimum atomic E-state index is -2.43. The highest BCUT2D eigenvalue weighted by atomic mass is 32.1. The lowest BCUT2D eigenvalue weighted by Crippen LogP contribution is -2.28. The van der Waals surface area contributed by atoms with Crippen LogP contribution in [0.2, 0.25) is 13.1 Å². The topological polar surface area (TPSA) is 25.8 Å². The van der Waals surface area contributed by atoms with Crippen molar-refractivity contribution < 1.29 is 0 Å². The molecule has 0 fully saturated rings. The van der Waals surface area contributed by atoms with Gasteiger partial charge in [0.2, 0.25) is 0 Å². The van der Waals surface area contributed by atoms with Crippen molar-refractivity contribution in [1.29, 1.82) is 0 Å². The molecule has 0 N–H and O–H groups in total. The van der Waals surface area contributed by atoms with Gasteiger partial charge in [0.1, 0.15) is 18.1 Å². The van der Waals surface area contributed by atoms with Crippen LogP contribution in [-0.2, 0) is 0 Å². The van der Waals surface area contributed by atoms with Crippen molar-refractivity contribution in [2.24, 2.45) is 0 Å². The maximum absolute atomic E-state index is 5.49. The molecule has 0 unspecified atom stereocenters. The number of allylic oxidation sites excluding steroid dienone is 2. The number of rotatable bonds is 6. The van der Waals surface area contributed by atoms with Crippen LogP contribution in [0.5, 0.6) is 0 Å². The Morgan fingerprint density at radius 1 is 0.412 bits per heavy atom. The highest BCUT2D eigenvalue weighted by Gasteiger charge is 2.46. The first-order valence-electron chi connectivity index (χ1n) is 17.4. The van der Waals surface area contributed by atoms with Crippen molar-refractivity contribution in [2.45, 2.75) is 26.9 Å². The second kappa shape index (κ2) is 12.5. The fraction of sp³-hybridized carbons (Fsp3) is 0.0870. The molecule has 2 aromatic heterocycles. The first kappa shape index (κ1) is 31.8. The molecular formula is C46H36N2S2Si. The largest absolute Gasteiger partial charge is 0.237 e. The molecule has 1 aliphatic heterocycles. The zero-order valence-corrected chi connectivity index (χ0v) is 31.7. The molecule has 2 nitrogen and oxygen atoms in total. The number of hydrogen-bond donors (Lipinski definition) is 0. The summed E-state index contributed by atoms with van der Waals surface area (Å²) < 4.78 is 2.43. The van der Waals surface area contributed by atoms with Crippen LogP contribution < -0.4 is 0 Å². The molecule has 0 spiro atoms. The van der Waals surface area contributed by atoms with E-state index in [2.05, 4.69) is 173 Å². The Bertz CT molecular complexity index is 2490. The van der Waals surface area contributed by atoms with Gasteiger partial charge in [0, 0.05) is 0 Å². The molecule has 0 saturated heterocycles. The first-order chi connectivity index (χ1) is 24.8. The number of benzene rings is 6. The zero-order valence-electron chi connectivity index (χ0n) is 29.1. The summed E-state index contributed by atoms with van der Waals surface area (Å²) in [6, 6.07) is 52.8. The zero-order chi connectivity index (χ0) is 34.7. The number of thiazole rings is 2. The van der Waals surface area contributed by atoms with Crippen LogP contribution in [0.3, 0.4) is 0 Å². The normalized spacial score (nSPS) is 14.3. The van der Waals surface area contributed by atoms with E-state index in [-0.39, 0.29) is 0 Å². The van der Waals surface area contributed by atoms with Crippen molar-refractivity contribution >= 4 is 72.7 Å². The lowest BCUT2D eigenvalue weighted by Gasteiger charge is -2.23. The number of aryl methyl sites for hydroxylation is 2. The van der Waals surface area contributed by atoms with Gasteiger partial charge in [-0.25, -0.2) is 9.97 Å². The fourth-order valence-corrected chi connectivity index (χ4v) is 14.5. The molecule has 0 aliphatic carbocycles. The van der Waals surface area contributed by atoms with Crippen LogP contribution in [0.25, 0.3) is 64.2 Å². The van der Waals surface area contributed by atoms with E-state index in [1.165, 1.54) is 75.4 Å². The summed E-state index contributed by atoms with van der Waals surface area (Å²) >= 11 is 3.66. The molecule has 246 valence electrons. The van der Waals surface area contributed by atoms with Crippen LogP contribution in [0, 0.1) is 13.8 Å². The van der Waals surface area contributed by atoms with E-state index >= 15 is 0 Å². The number of nitrogens with zero attached hydrogens (tertiary/aromatic N) is 2. The Morgan fingerprint density at radius 3 is 1.24 bits per heavy atom. The van der Waals surface area contributed by atoms with Gasteiger partial charge in [-0.05, 0) is 93.0 Å². The van der Waals surface area contributed by atoms with Crippen molar-refractivity contribution in [3.8, 4) is 22.3 Å². The molecule has 0 saturated carbocycles. The van der Waals surface area contributed by atoms with E-state index < -0.39 is 8.07 Å². The van der Waals surface area contributed by atoms with Gasteiger partial charge >= 0.3 is 0 Å². The average molecular weight is 709 g/mol. The number of hydrogen-bond acceptors (Lipinski definition) is 4. The van der Waals surface area contributed by atoms with Gasteiger partial charge in [-0.2, -0.15) is 0 Å². The SMILES string of the molecule is Cc1cccc(C2=C(c3nc4cc(-c5ccccc5)ccc4s3)[Si](C)(C)C(c3nc4cc(-c5ccccc5)ccc4s3)=C2c2cccc(C)c2)c1. The molecule has 51 heavy (non-hydrogen) atoms. The van der Waals surface area contributed by atoms with E-state index in [0.717, 1.165) is 21.0 Å². The van der Waals surface area contributed by atoms with E-state index in [4.69, 9.17) is 9.97 Å². The van der Waals surface area contributed by atoms with Gasteiger partial charge in [-0.3, -0.25) is 0 Å². The van der Waals surface area contributed by atoms with E-state index in [9.17, 15) is 0 Å². The van der Waals surface area contributed by atoms with Crippen LogP contribution in [0.15, 0.2) is 146 Å².